The molecule has 0 bridgehead atoms. The van der Waals surface area contributed by atoms with E-state index in [1.54, 1.807) is 0 Å². The molecule has 1 saturated heterocycles. The van der Waals surface area contributed by atoms with Crippen molar-refractivity contribution in [3.8, 4) is 11.5 Å². The van der Waals surface area contributed by atoms with Gasteiger partial charge >= 0.3 is 0 Å². The van der Waals surface area contributed by atoms with E-state index in [-0.39, 0.29) is 18.3 Å². The number of likely N-dealkylation sites (tertiary alicyclic amines) is 1. The molecular weight excluding hydrogens is 374 g/mol. The number of carbonyl (C=O) groups excluding carboxylic acids is 1. The fourth-order valence-corrected chi connectivity index (χ4v) is 3.42. The van der Waals surface area contributed by atoms with Crippen molar-refractivity contribution in [1.29, 1.82) is 0 Å². The van der Waals surface area contributed by atoms with E-state index < -0.39 is 0 Å². The molecule has 2 aromatic carbocycles. The molecule has 1 amide bonds. The van der Waals surface area contributed by atoms with Gasteiger partial charge in [0.25, 0.3) is 0 Å². The summed E-state index contributed by atoms with van der Waals surface area (Å²) in [5.41, 5.74) is 0.796. The molecule has 5 nitrogen and oxygen atoms in total. The lowest BCUT2D eigenvalue weighted by molar-refractivity contribution is -0.117. The number of nitrogens with zero attached hydrogens (tertiary/aromatic N) is 1. The van der Waals surface area contributed by atoms with Gasteiger partial charge in [-0.3, -0.25) is 9.69 Å². The van der Waals surface area contributed by atoms with Crippen LogP contribution in [0.25, 0.3) is 0 Å². The van der Waals surface area contributed by atoms with Crippen LogP contribution in [-0.4, -0.2) is 44.0 Å². The molecule has 1 aliphatic heterocycles. The van der Waals surface area contributed by atoms with Crippen molar-refractivity contribution in [3.05, 3.63) is 54.6 Å². The van der Waals surface area contributed by atoms with Crippen LogP contribution in [0.2, 0.25) is 0 Å². The van der Waals surface area contributed by atoms with Crippen molar-refractivity contribution in [2.45, 2.75) is 19.3 Å². The van der Waals surface area contributed by atoms with Crippen LogP contribution < -0.4 is 15.4 Å². The predicted molar refractivity (Wildman–Crippen MR) is 117 cm³/mol. The Morgan fingerprint density at radius 1 is 1.04 bits per heavy atom. The molecule has 28 heavy (non-hydrogen) atoms. The number of para-hydroxylation sites is 1. The third-order valence-electron chi connectivity index (χ3n) is 4.99. The normalized spacial score (nSPS) is 14.9. The number of piperidine rings is 1. The second-order valence-corrected chi connectivity index (χ2v) is 7.10. The zero-order valence-electron chi connectivity index (χ0n) is 16.4. The summed E-state index contributed by atoms with van der Waals surface area (Å²) >= 11 is 0. The Labute approximate surface area is 173 Å². The van der Waals surface area contributed by atoms with Crippen LogP contribution in [0.15, 0.2) is 54.6 Å². The van der Waals surface area contributed by atoms with E-state index in [1.807, 2.05) is 61.6 Å². The highest BCUT2D eigenvalue weighted by Gasteiger charge is 2.20. The molecule has 0 aliphatic carbocycles. The van der Waals surface area contributed by atoms with Crippen LogP contribution >= 0.6 is 12.4 Å². The van der Waals surface area contributed by atoms with Gasteiger partial charge in [0, 0.05) is 5.69 Å². The highest BCUT2D eigenvalue weighted by Crippen LogP contribution is 2.23. The van der Waals surface area contributed by atoms with Crippen molar-refractivity contribution >= 4 is 24.0 Å². The Balaban J connectivity index is 0.00000280. The van der Waals surface area contributed by atoms with Crippen LogP contribution in [0, 0.1) is 5.92 Å². The lowest BCUT2D eigenvalue weighted by atomic mass is 9.93. The highest BCUT2D eigenvalue weighted by atomic mass is 35.5. The highest BCUT2D eigenvalue weighted by molar-refractivity contribution is 5.92. The Morgan fingerprint density at radius 3 is 2.32 bits per heavy atom. The molecule has 0 aromatic heterocycles. The van der Waals surface area contributed by atoms with Crippen LogP contribution in [0.1, 0.15) is 19.3 Å². The lowest BCUT2D eigenvalue weighted by Gasteiger charge is -2.31. The topological polar surface area (TPSA) is 53.6 Å². The standard InChI is InChI=1S/C22H29N3O2.ClH/c1-23-14-11-18-12-15-25(16-13-18)17-22(26)24-19-7-9-21(10-8-19)27-20-5-3-2-4-6-20;/h2-10,18,23H,11-17H2,1H3,(H,24,26);1H. The van der Waals surface area contributed by atoms with E-state index >= 15 is 0 Å². The number of anilines is 1. The Bertz CT molecular complexity index is 701. The molecule has 2 aromatic rings. The molecule has 152 valence electrons. The van der Waals surface area contributed by atoms with E-state index in [2.05, 4.69) is 15.5 Å². The van der Waals surface area contributed by atoms with Crippen molar-refractivity contribution in [3.63, 3.8) is 0 Å². The van der Waals surface area contributed by atoms with Crippen LogP contribution in [0.4, 0.5) is 5.69 Å². The van der Waals surface area contributed by atoms with Gasteiger partial charge < -0.3 is 15.4 Å². The van der Waals surface area contributed by atoms with Gasteiger partial charge in [-0.2, -0.15) is 0 Å². The maximum atomic E-state index is 12.3. The summed E-state index contributed by atoms with van der Waals surface area (Å²) in [5, 5.41) is 6.20. The number of hydrogen-bond donors (Lipinski definition) is 2. The molecule has 6 heteroatoms. The molecule has 1 heterocycles. The van der Waals surface area contributed by atoms with Crippen molar-refractivity contribution < 1.29 is 9.53 Å². The quantitative estimate of drug-likeness (QED) is 0.694. The summed E-state index contributed by atoms with van der Waals surface area (Å²) in [6.07, 6.45) is 3.59. The molecule has 1 aliphatic rings. The number of rotatable bonds is 8. The third kappa shape index (κ3) is 7.15. The molecule has 0 radical (unpaired) electrons. The summed E-state index contributed by atoms with van der Waals surface area (Å²) in [4.78, 5) is 14.6. The van der Waals surface area contributed by atoms with E-state index in [4.69, 9.17) is 4.74 Å². The average Bonchev–Trinajstić information content (AvgIpc) is 2.70. The number of halogens is 1. The Hall–Kier alpha value is -2.08. The predicted octanol–water partition coefficient (Wildman–Crippen LogP) is 4.16. The van der Waals surface area contributed by atoms with Gasteiger partial charge in [-0.15, -0.1) is 12.4 Å². The molecule has 3 rings (SSSR count). The third-order valence-corrected chi connectivity index (χ3v) is 4.99. The van der Waals surface area contributed by atoms with Gasteiger partial charge in [0.1, 0.15) is 11.5 Å². The number of carbonyl (C=O) groups is 1. The van der Waals surface area contributed by atoms with E-state index in [0.29, 0.717) is 6.54 Å². The fraction of sp³-hybridized carbons (Fsp3) is 0.409. The fourth-order valence-electron chi connectivity index (χ4n) is 3.42. The van der Waals surface area contributed by atoms with Gasteiger partial charge in [0.05, 0.1) is 6.54 Å². The molecule has 2 N–H and O–H groups in total. The number of amides is 1. The number of nitrogens with one attached hydrogen (secondary N) is 2. The first-order valence-corrected chi connectivity index (χ1v) is 9.72. The number of hydrogen-bond acceptors (Lipinski definition) is 4. The van der Waals surface area contributed by atoms with E-state index in [9.17, 15) is 4.79 Å². The minimum Gasteiger partial charge on any atom is -0.457 e. The van der Waals surface area contributed by atoms with Gasteiger partial charge in [-0.05, 0) is 88.3 Å². The molecule has 1 fully saturated rings. The minimum atomic E-state index is 0. The van der Waals surface area contributed by atoms with Gasteiger partial charge in [-0.25, -0.2) is 0 Å². The second-order valence-electron chi connectivity index (χ2n) is 7.10. The van der Waals surface area contributed by atoms with E-state index in [1.165, 1.54) is 19.3 Å². The molecule has 0 spiro atoms. The van der Waals surface area contributed by atoms with Crippen LogP contribution in [0.5, 0.6) is 11.5 Å². The van der Waals surface area contributed by atoms with Crippen molar-refractivity contribution in [2.75, 3.05) is 38.5 Å². The zero-order valence-corrected chi connectivity index (χ0v) is 17.2. The zero-order chi connectivity index (χ0) is 18.9. The summed E-state index contributed by atoms with van der Waals surface area (Å²) in [7, 11) is 2.00. The summed E-state index contributed by atoms with van der Waals surface area (Å²) in [6.45, 7) is 3.55. The number of benzene rings is 2. The van der Waals surface area contributed by atoms with Crippen molar-refractivity contribution in [1.82, 2.24) is 10.2 Å². The van der Waals surface area contributed by atoms with Gasteiger partial charge in [0.15, 0.2) is 0 Å². The molecule has 0 atom stereocenters. The number of ether oxygens (including phenoxy) is 1. The van der Waals surface area contributed by atoms with E-state index in [0.717, 1.165) is 42.7 Å². The largest absolute Gasteiger partial charge is 0.457 e. The van der Waals surface area contributed by atoms with Gasteiger partial charge in [-0.1, -0.05) is 18.2 Å². The first-order chi connectivity index (χ1) is 13.2. The Morgan fingerprint density at radius 2 is 1.68 bits per heavy atom. The Kier molecular flexibility index (Phi) is 9.28. The monoisotopic (exact) mass is 403 g/mol. The summed E-state index contributed by atoms with van der Waals surface area (Å²) < 4.78 is 5.77. The molecular formula is C22H30ClN3O2. The smallest absolute Gasteiger partial charge is 0.238 e. The second kappa shape index (κ2) is 11.7. The lowest BCUT2D eigenvalue weighted by Crippen LogP contribution is -2.39. The maximum Gasteiger partial charge on any atom is 0.238 e. The summed E-state index contributed by atoms with van der Waals surface area (Å²) in [5.74, 6) is 2.38. The maximum absolute atomic E-state index is 12.3. The SMILES string of the molecule is CNCCC1CCN(CC(=O)Nc2ccc(Oc3ccccc3)cc2)CC1.Cl. The first-order valence-electron chi connectivity index (χ1n) is 9.72. The summed E-state index contributed by atoms with van der Waals surface area (Å²) in [6, 6.07) is 17.2. The minimum absolute atomic E-state index is 0. The van der Waals surface area contributed by atoms with Crippen molar-refractivity contribution in [2.24, 2.45) is 5.92 Å². The molecule has 0 saturated carbocycles. The average molecular weight is 404 g/mol. The first kappa shape index (κ1) is 22.2. The van der Waals surface area contributed by atoms with Crippen LogP contribution in [-0.2, 0) is 4.79 Å². The van der Waals surface area contributed by atoms with Gasteiger partial charge in [0.2, 0.25) is 5.91 Å². The van der Waals surface area contributed by atoms with Crippen LogP contribution in [0.3, 0.4) is 0 Å². The molecule has 0 unspecified atom stereocenters.